The first kappa shape index (κ1) is 16.7. The Morgan fingerprint density at radius 1 is 1.00 bits per heavy atom. The molecule has 0 spiro atoms. The number of rotatable bonds is 6. The van der Waals surface area contributed by atoms with Crippen LogP contribution >= 0.6 is 0 Å². The summed E-state index contributed by atoms with van der Waals surface area (Å²) in [6.45, 7) is 2.43. The summed E-state index contributed by atoms with van der Waals surface area (Å²) in [5.74, 6) is 0. The summed E-state index contributed by atoms with van der Waals surface area (Å²) >= 11 is 0. The highest BCUT2D eigenvalue weighted by molar-refractivity contribution is 7.90. The molecule has 2 rings (SSSR count). The Morgan fingerprint density at radius 3 is 2.14 bits per heavy atom. The molecule has 2 aromatic carbocycles. The zero-order valence-corrected chi connectivity index (χ0v) is 13.5. The first-order chi connectivity index (χ1) is 10.4. The second-order valence-corrected chi connectivity index (χ2v) is 7.41. The smallest absolute Gasteiger partial charge is 0.175 e. The van der Waals surface area contributed by atoms with Crippen LogP contribution in [-0.2, 0) is 9.84 Å². The van der Waals surface area contributed by atoms with Gasteiger partial charge in [0, 0.05) is 18.8 Å². The lowest BCUT2D eigenvalue weighted by atomic mass is 10.1. The third-order valence-corrected chi connectivity index (χ3v) is 4.74. The van der Waals surface area contributed by atoms with Gasteiger partial charge in [0.25, 0.3) is 0 Å². The van der Waals surface area contributed by atoms with E-state index in [1.807, 2.05) is 37.3 Å². The van der Waals surface area contributed by atoms with E-state index in [9.17, 15) is 13.5 Å². The first-order valence-electron chi connectivity index (χ1n) is 7.14. The van der Waals surface area contributed by atoms with Crippen molar-refractivity contribution < 1.29 is 13.5 Å². The predicted molar refractivity (Wildman–Crippen MR) is 87.4 cm³/mol. The van der Waals surface area contributed by atoms with Gasteiger partial charge in [-0.3, -0.25) is 0 Å². The van der Waals surface area contributed by atoms with Gasteiger partial charge in [-0.05, 0) is 30.2 Å². The highest BCUT2D eigenvalue weighted by atomic mass is 32.2. The van der Waals surface area contributed by atoms with Crippen LogP contribution in [0.25, 0.3) is 0 Å². The van der Waals surface area contributed by atoms with E-state index < -0.39 is 15.9 Å². The van der Waals surface area contributed by atoms with E-state index in [1.165, 1.54) is 18.4 Å². The molecule has 4 nitrogen and oxygen atoms in total. The van der Waals surface area contributed by atoms with Crippen molar-refractivity contribution in [1.29, 1.82) is 0 Å². The Kier molecular flexibility index (Phi) is 5.34. The first-order valence-corrected chi connectivity index (χ1v) is 9.03. The van der Waals surface area contributed by atoms with E-state index in [2.05, 4.69) is 5.32 Å². The van der Waals surface area contributed by atoms with Crippen LogP contribution < -0.4 is 5.32 Å². The molecule has 2 aromatic rings. The van der Waals surface area contributed by atoms with Gasteiger partial charge in [-0.25, -0.2) is 8.42 Å². The van der Waals surface area contributed by atoms with Gasteiger partial charge in [-0.15, -0.1) is 0 Å². The van der Waals surface area contributed by atoms with Crippen molar-refractivity contribution in [1.82, 2.24) is 5.32 Å². The topological polar surface area (TPSA) is 66.4 Å². The van der Waals surface area contributed by atoms with Crippen molar-refractivity contribution in [3.05, 3.63) is 65.7 Å². The minimum Gasteiger partial charge on any atom is -0.387 e. The minimum absolute atomic E-state index is 0.131. The molecule has 0 aliphatic rings. The monoisotopic (exact) mass is 319 g/mol. The van der Waals surface area contributed by atoms with Gasteiger partial charge < -0.3 is 10.4 Å². The highest BCUT2D eigenvalue weighted by Gasteiger charge is 2.12. The third-order valence-electron chi connectivity index (χ3n) is 3.61. The van der Waals surface area contributed by atoms with Crippen LogP contribution in [0.1, 0.15) is 30.2 Å². The largest absolute Gasteiger partial charge is 0.387 e. The van der Waals surface area contributed by atoms with Crippen LogP contribution in [0.4, 0.5) is 0 Å². The van der Waals surface area contributed by atoms with E-state index in [-0.39, 0.29) is 10.9 Å². The summed E-state index contributed by atoms with van der Waals surface area (Å²) in [5, 5.41) is 13.5. The van der Waals surface area contributed by atoms with E-state index in [4.69, 9.17) is 0 Å². The van der Waals surface area contributed by atoms with Gasteiger partial charge in [-0.2, -0.15) is 0 Å². The number of hydrogen-bond acceptors (Lipinski definition) is 4. The molecule has 0 bridgehead atoms. The van der Waals surface area contributed by atoms with Crippen molar-refractivity contribution in [3.63, 3.8) is 0 Å². The van der Waals surface area contributed by atoms with Crippen LogP contribution in [0.15, 0.2) is 59.5 Å². The number of hydrogen-bond donors (Lipinski definition) is 2. The zero-order valence-electron chi connectivity index (χ0n) is 12.7. The molecule has 0 heterocycles. The average Bonchev–Trinajstić information content (AvgIpc) is 2.52. The molecular weight excluding hydrogens is 298 g/mol. The van der Waals surface area contributed by atoms with Crippen molar-refractivity contribution in [2.45, 2.75) is 24.0 Å². The van der Waals surface area contributed by atoms with E-state index in [0.29, 0.717) is 12.1 Å². The fraction of sp³-hybridized carbons (Fsp3) is 0.294. The fourth-order valence-corrected chi connectivity index (χ4v) is 2.83. The Bertz CT molecular complexity index is 696. The van der Waals surface area contributed by atoms with E-state index >= 15 is 0 Å². The molecule has 0 fully saturated rings. The molecule has 0 radical (unpaired) electrons. The van der Waals surface area contributed by atoms with Gasteiger partial charge >= 0.3 is 0 Å². The molecule has 5 heteroatoms. The van der Waals surface area contributed by atoms with Gasteiger partial charge in [0.1, 0.15) is 0 Å². The van der Waals surface area contributed by atoms with Gasteiger partial charge in [0.05, 0.1) is 11.0 Å². The molecule has 0 aliphatic carbocycles. The molecule has 2 atom stereocenters. The van der Waals surface area contributed by atoms with Crippen molar-refractivity contribution in [2.75, 3.05) is 12.8 Å². The number of aliphatic hydroxyl groups is 1. The van der Waals surface area contributed by atoms with Gasteiger partial charge in [0.15, 0.2) is 9.84 Å². The summed E-state index contributed by atoms with van der Waals surface area (Å²) in [6, 6.07) is 16.5. The molecule has 0 aromatic heterocycles. The summed E-state index contributed by atoms with van der Waals surface area (Å²) in [5.41, 5.74) is 1.85. The quantitative estimate of drug-likeness (QED) is 0.858. The van der Waals surface area contributed by atoms with Crippen LogP contribution in [0.5, 0.6) is 0 Å². The maximum absolute atomic E-state index is 11.4. The van der Waals surface area contributed by atoms with E-state index in [1.54, 1.807) is 12.1 Å². The number of nitrogens with one attached hydrogen (secondary N) is 1. The molecule has 118 valence electrons. The standard InChI is InChI=1S/C17H21NO3S/c1-13(14-6-4-3-5-7-14)18-12-17(19)15-8-10-16(11-9-15)22(2,20)21/h3-11,13,17-19H,12H2,1-2H3. The van der Waals surface area contributed by atoms with Crippen LogP contribution in [0.2, 0.25) is 0 Å². The molecule has 22 heavy (non-hydrogen) atoms. The second kappa shape index (κ2) is 7.05. The van der Waals surface area contributed by atoms with Crippen LogP contribution in [0.3, 0.4) is 0 Å². The number of aliphatic hydroxyl groups excluding tert-OH is 1. The van der Waals surface area contributed by atoms with Crippen molar-refractivity contribution in [2.24, 2.45) is 0 Å². The lowest BCUT2D eigenvalue weighted by molar-refractivity contribution is 0.170. The molecule has 0 aliphatic heterocycles. The Balaban J connectivity index is 1.96. The molecule has 2 unspecified atom stereocenters. The Morgan fingerprint density at radius 2 is 1.59 bits per heavy atom. The average molecular weight is 319 g/mol. The normalized spacial score (nSPS) is 14.5. The minimum atomic E-state index is -3.20. The summed E-state index contributed by atoms with van der Waals surface area (Å²) in [7, 11) is -3.20. The Labute approximate surface area is 131 Å². The third kappa shape index (κ3) is 4.40. The summed E-state index contributed by atoms with van der Waals surface area (Å²) in [6.07, 6.45) is 0.487. The van der Waals surface area contributed by atoms with Crippen molar-refractivity contribution >= 4 is 9.84 Å². The number of benzene rings is 2. The lowest BCUT2D eigenvalue weighted by Crippen LogP contribution is -2.24. The maximum Gasteiger partial charge on any atom is 0.175 e. The molecule has 0 amide bonds. The Hall–Kier alpha value is -1.69. The molecular formula is C17H21NO3S. The SMILES string of the molecule is CC(NCC(O)c1ccc(S(C)(=O)=O)cc1)c1ccccc1. The zero-order chi connectivity index (χ0) is 16.2. The lowest BCUT2D eigenvalue weighted by Gasteiger charge is -2.18. The molecule has 2 N–H and O–H groups in total. The summed E-state index contributed by atoms with van der Waals surface area (Å²) < 4.78 is 22.8. The maximum atomic E-state index is 11.4. The van der Waals surface area contributed by atoms with Crippen LogP contribution in [-0.4, -0.2) is 26.3 Å². The van der Waals surface area contributed by atoms with Crippen LogP contribution in [0, 0.1) is 0 Å². The predicted octanol–water partition coefficient (Wildman–Crippen LogP) is 2.47. The second-order valence-electron chi connectivity index (χ2n) is 5.40. The van der Waals surface area contributed by atoms with Crippen molar-refractivity contribution in [3.8, 4) is 0 Å². The summed E-state index contributed by atoms with van der Waals surface area (Å²) in [4.78, 5) is 0.258. The molecule has 0 saturated carbocycles. The van der Waals surface area contributed by atoms with E-state index in [0.717, 1.165) is 5.56 Å². The van der Waals surface area contributed by atoms with Gasteiger partial charge in [0.2, 0.25) is 0 Å². The molecule has 0 saturated heterocycles. The van der Waals surface area contributed by atoms with Gasteiger partial charge in [-0.1, -0.05) is 42.5 Å². The highest BCUT2D eigenvalue weighted by Crippen LogP contribution is 2.18. The number of sulfone groups is 1. The fourth-order valence-electron chi connectivity index (χ4n) is 2.20.